The predicted octanol–water partition coefficient (Wildman–Crippen LogP) is -0.636. The van der Waals surface area contributed by atoms with E-state index in [1.807, 2.05) is 0 Å². The molecule has 7 heavy (non-hydrogen) atoms. The Morgan fingerprint density at radius 3 is 1.71 bits per heavy atom. The quantitative estimate of drug-likeness (QED) is 0.440. The molecule has 6 heteroatoms. The maximum absolute atomic E-state index is 11.0. The summed E-state index contributed by atoms with van der Waals surface area (Å²) in [6.45, 7) is 0. The third-order valence-electron chi connectivity index (χ3n) is 0.240. The van der Waals surface area contributed by atoms with E-state index in [0.717, 1.165) is 0 Å². The van der Waals surface area contributed by atoms with Crippen molar-refractivity contribution in [3.05, 3.63) is 0 Å². The van der Waals surface area contributed by atoms with E-state index in [1.54, 1.807) is 0 Å². The van der Waals surface area contributed by atoms with E-state index in [1.165, 1.54) is 0 Å². The lowest BCUT2D eigenvalue weighted by Crippen LogP contribution is -2.16. The fourth-order valence-electron chi connectivity index (χ4n) is 0. The zero-order valence-electron chi connectivity index (χ0n) is 3.09. The summed E-state index contributed by atoms with van der Waals surface area (Å²) < 4.78 is 29.4. The zero-order chi connectivity index (χ0) is 6.08. The Kier molecular flexibility index (Phi) is 1.32. The van der Waals surface area contributed by atoms with Crippen molar-refractivity contribution in [3.8, 4) is 0 Å². The van der Waals surface area contributed by atoms with Gasteiger partial charge in [-0.25, -0.2) is 0 Å². The van der Waals surface area contributed by atoms with Crippen LogP contribution in [0.5, 0.6) is 0 Å². The Morgan fingerprint density at radius 1 is 1.57 bits per heavy atom. The van der Waals surface area contributed by atoms with E-state index in [-0.39, 0.29) is 0 Å². The number of halogens is 1. The molecule has 0 spiro atoms. The van der Waals surface area contributed by atoms with Crippen molar-refractivity contribution in [1.82, 2.24) is 0 Å². The number of hydrogen-bond donors (Lipinski definition) is 1. The Balaban J connectivity index is 4.43. The smallest absolute Gasteiger partial charge is 0.354 e. The molecule has 2 N–H and O–H groups in total. The molecule has 0 heterocycles. The largest absolute Gasteiger partial charge is 0.387 e. The highest BCUT2D eigenvalue weighted by molar-refractivity contribution is 8.01. The molecule has 0 atom stereocenters. The van der Waals surface area contributed by atoms with Crippen LogP contribution in [-0.2, 0) is 10.2 Å². The van der Waals surface area contributed by atoms with Gasteiger partial charge in [-0.15, -0.1) is 0 Å². The number of nitrogens with two attached hydrogens (primary N) is 1. The minimum atomic E-state index is -5.10. The van der Waals surface area contributed by atoms with E-state index in [0.29, 0.717) is 0 Å². The van der Waals surface area contributed by atoms with Crippen molar-refractivity contribution in [3.63, 3.8) is 0 Å². The fraction of sp³-hybridized carbons (Fsp3) is 0. The van der Waals surface area contributed by atoms with Gasteiger partial charge in [-0.1, -0.05) is 3.89 Å². The summed E-state index contributed by atoms with van der Waals surface area (Å²) in [5, 5.41) is -1.95. The first-order chi connectivity index (χ1) is 2.94. The van der Waals surface area contributed by atoms with Crippen LogP contribution in [0.25, 0.3) is 0 Å². The molecule has 0 unspecified atom stereocenters. The highest BCUT2D eigenvalue weighted by Crippen LogP contribution is 1.86. The summed E-state index contributed by atoms with van der Waals surface area (Å²) in [6.07, 6.45) is 0. The molecule has 0 rings (SSSR count). The van der Waals surface area contributed by atoms with Crippen LogP contribution in [0.1, 0.15) is 0 Å². The SMILES string of the molecule is NC(=O)S(=O)(=O)F. The minimum Gasteiger partial charge on any atom is -0.354 e. The second-order valence-corrected chi connectivity index (χ2v) is 2.03. The molecule has 0 aliphatic rings. The number of rotatable bonds is 0. The van der Waals surface area contributed by atoms with E-state index < -0.39 is 15.5 Å². The van der Waals surface area contributed by atoms with Crippen molar-refractivity contribution in [1.29, 1.82) is 0 Å². The van der Waals surface area contributed by atoms with Gasteiger partial charge in [0.2, 0.25) is 0 Å². The lowest BCUT2D eigenvalue weighted by atomic mass is 11.5. The van der Waals surface area contributed by atoms with Gasteiger partial charge >= 0.3 is 15.5 Å². The lowest BCUT2D eigenvalue weighted by Gasteiger charge is -1.76. The van der Waals surface area contributed by atoms with Crippen molar-refractivity contribution >= 4 is 15.5 Å². The van der Waals surface area contributed by atoms with Crippen LogP contribution in [0.4, 0.5) is 8.68 Å². The second kappa shape index (κ2) is 1.45. The maximum atomic E-state index is 11.0. The molecular weight excluding hydrogens is 125 g/mol. The lowest BCUT2D eigenvalue weighted by molar-refractivity contribution is 0.264. The molecule has 0 aromatic carbocycles. The molecular formula is CH2FNO3S. The summed E-state index contributed by atoms with van der Waals surface area (Å²) in [5.41, 5.74) is 3.97. The molecule has 0 saturated carbocycles. The third kappa shape index (κ3) is 2.10. The molecule has 0 bridgehead atoms. The Labute approximate surface area is 39.3 Å². The Hall–Kier alpha value is -0.650. The van der Waals surface area contributed by atoms with Crippen molar-refractivity contribution in [2.24, 2.45) is 5.73 Å². The number of carbonyl (C=O) groups is 1. The highest BCUT2D eigenvalue weighted by atomic mass is 32.3. The van der Waals surface area contributed by atoms with Crippen LogP contribution < -0.4 is 5.73 Å². The van der Waals surface area contributed by atoms with Gasteiger partial charge in [-0.05, 0) is 0 Å². The number of hydrogen-bond acceptors (Lipinski definition) is 3. The van der Waals surface area contributed by atoms with Crippen LogP contribution in [0.15, 0.2) is 0 Å². The fourth-order valence-corrected chi connectivity index (χ4v) is 0. The maximum Gasteiger partial charge on any atom is 0.387 e. The molecule has 0 fully saturated rings. The molecule has 0 aliphatic carbocycles. The minimum absolute atomic E-state index is 1.95. The summed E-state index contributed by atoms with van der Waals surface area (Å²) in [6, 6.07) is 0. The van der Waals surface area contributed by atoms with Crippen LogP contribution >= 0.6 is 0 Å². The van der Waals surface area contributed by atoms with Crippen LogP contribution in [0.3, 0.4) is 0 Å². The van der Waals surface area contributed by atoms with Gasteiger partial charge in [0.1, 0.15) is 0 Å². The van der Waals surface area contributed by atoms with Gasteiger partial charge in [0.25, 0.3) is 0 Å². The average molecular weight is 127 g/mol. The molecule has 4 nitrogen and oxygen atoms in total. The van der Waals surface area contributed by atoms with Gasteiger partial charge in [0, 0.05) is 0 Å². The normalized spacial score (nSPS) is 11.0. The van der Waals surface area contributed by atoms with Gasteiger partial charge < -0.3 is 5.73 Å². The number of carbonyl (C=O) groups excluding carboxylic acids is 1. The van der Waals surface area contributed by atoms with Crippen molar-refractivity contribution in [2.45, 2.75) is 0 Å². The van der Waals surface area contributed by atoms with Gasteiger partial charge in [0.15, 0.2) is 0 Å². The number of primary amides is 1. The van der Waals surface area contributed by atoms with E-state index in [4.69, 9.17) is 0 Å². The summed E-state index contributed by atoms with van der Waals surface area (Å²) in [5.74, 6) is 0. The average Bonchev–Trinajstić information content (AvgIpc) is 1.31. The van der Waals surface area contributed by atoms with Gasteiger partial charge in [0.05, 0.1) is 0 Å². The first-order valence-electron chi connectivity index (χ1n) is 1.18. The number of amides is 1. The van der Waals surface area contributed by atoms with Gasteiger partial charge in [-0.3, -0.25) is 4.79 Å². The molecule has 0 aromatic heterocycles. The van der Waals surface area contributed by atoms with Crippen LogP contribution in [-0.4, -0.2) is 13.7 Å². The highest BCUT2D eigenvalue weighted by Gasteiger charge is 2.13. The molecule has 1 amide bonds. The first kappa shape index (κ1) is 6.35. The Bertz CT molecular complexity index is 169. The van der Waals surface area contributed by atoms with E-state index >= 15 is 0 Å². The topological polar surface area (TPSA) is 77.2 Å². The third-order valence-corrected chi connectivity index (χ3v) is 0.721. The first-order valence-corrected chi connectivity index (χ1v) is 2.57. The molecule has 0 aromatic rings. The summed E-state index contributed by atoms with van der Waals surface area (Å²) in [4.78, 5) is 9.28. The van der Waals surface area contributed by atoms with Crippen molar-refractivity contribution < 1.29 is 17.1 Å². The van der Waals surface area contributed by atoms with E-state index in [2.05, 4.69) is 5.73 Å². The van der Waals surface area contributed by atoms with Crippen molar-refractivity contribution in [2.75, 3.05) is 0 Å². The summed E-state index contributed by atoms with van der Waals surface area (Å²) in [7, 11) is -5.10. The van der Waals surface area contributed by atoms with Gasteiger partial charge in [-0.2, -0.15) is 8.42 Å². The molecule has 0 aliphatic heterocycles. The molecule has 0 radical (unpaired) electrons. The molecule has 0 saturated heterocycles. The van der Waals surface area contributed by atoms with Crippen LogP contribution in [0, 0.1) is 0 Å². The standard InChI is InChI=1S/CH2FNO3S/c2-7(5,6)1(3)4/h(H2,3,4). The second-order valence-electron chi connectivity index (χ2n) is 0.757. The predicted molar refractivity (Wildman–Crippen MR) is 19.6 cm³/mol. The summed E-state index contributed by atoms with van der Waals surface area (Å²) >= 11 is 0. The van der Waals surface area contributed by atoms with E-state index in [9.17, 15) is 17.1 Å². The molecule has 42 valence electrons. The zero-order valence-corrected chi connectivity index (χ0v) is 3.90. The monoisotopic (exact) mass is 127 g/mol. The Morgan fingerprint density at radius 2 is 1.71 bits per heavy atom. The van der Waals surface area contributed by atoms with Crippen LogP contribution in [0.2, 0.25) is 0 Å².